The maximum atomic E-state index is 12.0. The number of benzene rings is 2. The summed E-state index contributed by atoms with van der Waals surface area (Å²) in [6.07, 6.45) is 0.919. The molecule has 0 radical (unpaired) electrons. The van der Waals surface area contributed by atoms with Crippen LogP contribution in [0.1, 0.15) is 30.9 Å². The summed E-state index contributed by atoms with van der Waals surface area (Å²) in [7, 11) is 0. The van der Waals surface area contributed by atoms with Crippen molar-refractivity contribution in [3.63, 3.8) is 0 Å². The molecule has 0 saturated heterocycles. The molecule has 0 amide bonds. The lowest BCUT2D eigenvalue weighted by Gasteiger charge is -2.22. The van der Waals surface area contributed by atoms with Gasteiger partial charge in [0.15, 0.2) is 0 Å². The molecular formula is C16H14N2O4. The fraction of sp³-hybridized carbons (Fsp3) is 0.250. The van der Waals surface area contributed by atoms with Crippen LogP contribution in [0.15, 0.2) is 42.5 Å². The molecule has 0 saturated carbocycles. The number of nitrogens with zero attached hydrogens (tertiary/aromatic N) is 2. The Morgan fingerprint density at radius 1 is 1.00 bits per heavy atom. The number of non-ortho nitro benzene ring substituents is 1. The van der Waals surface area contributed by atoms with Crippen LogP contribution in [0.3, 0.4) is 0 Å². The van der Waals surface area contributed by atoms with Gasteiger partial charge in [0.05, 0.1) is 4.92 Å². The van der Waals surface area contributed by atoms with Crippen molar-refractivity contribution in [1.82, 2.24) is 0 Å². The summed E-state index contributed by atoms with van der Waals surface area (Å²) < 4.78 is 0. The van der Waals surface area contributed by atoms with Gasteiger partial charge in [-0.3, -0.25) is 20.2 Å². The summed E-state index contributed by atoms with van der Waals surface area (Å²) in [6.45, 7) is 1.88. The zero-order valence-corrected chi connectivity index (χ0v) is 12.0. The van der Waals surface area contributed by atoms with Gasteiger partial charge in [0.1, 0.15) is 0 Å². The highest BCUT2D eigenvalue weighted by atomic mass is 16.6. The largest absolute Gasteiger partial charge is 0.273 e. The molecule has 0 N–H and O–H groups in total. The average molecular weight is 298 g/mol. The van der Waals surface area contributed by atoms with Gasteiger partial charge >= 0.3 is 0 Å². The Bertz CT molecular complexity index is 787. The Morgan fingerprint density at radius 3 is 2.32 bits per heavy atom. The third kappa shape index (κ3) is 1.73. The van der Waals surface area contributed by atoms with Gasteiger partial charge in [0.2, 0.25) is 0 Å². The molecule has 0 unspecified atom stereocenters. The van der Waals surface area contributed by atoms with Gasteiger partial charge in [-0.15, -0.1) is 0 Å². The third-order valence-corrected chi connectivity index (χ3v) is 4.25. The van der Waals surface area contributed by atoms with E-state index in [1.165, 1.54) is 12.1 Å². The lowest BCUT2D eigenvalue weighted by molar-refractivity contribution is -0.566. The van der Waals surface area contributed by atoms with E-state index in [1.54, 1.807) is 18.2 Å². The summed E-state index contributed by atoms with van der Waals surface area (Å²) in [5, 5.41) is 23.0. The molecule has 0 aromatic heterocycles. The molecule has 6 nitrogen and oxygen atoms in total. The van der Waals surface area contributed by atoms with Crippen LogP contribution in [0.4, 0.5) is 5.69 Å². The topological polar surface area (TPSA) is 86.3 Å². The average Bonchev–Trinajstić information content (AvgIpc) is 2.79. The van der Waals surface area contributed by atoms with E-state index in [0.29, 0.717) is 29.5 Å². The molecule has 1 atom stereocenters. The van der Waals surface area contributed by atoms with Gasteiger partial charge in [-0.2, -0.15) is 0 Å². The zero-order valence-electron chi connectivity index (χ0n) is 12.0. The second kappa shape index (κ2) is 4.91. The molecule has 112 valence electrons. The Balaban J connectivity index is 2.38. The number of nitro groups is 2. The van der Waals surface area contributed by atoms with Crippen molar-refractivity contribution in [1.29, 1.82) is 0 Å². The van der Waals surface area contributed by atoms with Crippen LogP contribution < -0.4 is 0 Å². The maximum Gasteiger partial charge on any atom is 0.273 e. The van der Waals surface area contributed by atoms with Crippen molar-refractivity contribution >= 4 is 5.69 Å². The minimum atomic E-state index is -1.40. The molecule has 1 aliphatic rings. The maximum absolute atomic E-state index is 12.0. The molecule has 0 heterocycles. The van der Waals surface area contributed by atoms with E-state index < -0.39 is 10.5 Å². The molecule has 0 aliphatic heterocycles. The first-order valence-electron chi connectivity index (χ1n) is 7.05. The van der Waals surface area contributed by atoms with Crippen molar-refractivity contribution < 1.29 is 9.85 Å². The summed E-state index contributed by atoms with van der Waals surface area (Å²) in [4.78, 5) is 22.2. The number of fused-ring (bicyclic) bond motifs is 3. The van der Waals surface area contributed by atoms with Crippen molar-refractivity contribution in [2.45, 2.75) is 25.3 Å². The van der Waals surface area contributed by atoms with E-state index in [-0.39, 0.29) is 10.6 Å². The monoisotopic (exact) mass is 298 g/mol. The standard InChI is InChI=1S/C16H14N2O4/c1-2-9-16(18(21)22)14-6-4-3-5-12(14)13-8-7-11(17(19)20)10-15(13)16/h3-8,10H,2,9H2,1H3/t16-/m0/s1. The lowest BCUT2D eigenvalue weighted by atomic mass is 9.84. The van der Waals surface area contributed by atoms with Gasteiger partial charge in [-0.05, 0) is 23.6 Å². The Kier molecular flexibility index (Phi) is 3.16. The fourth-order valence-corrected chi connectivity index (χ4v) is 3.37. The third-order valence-electron chi connectivity index (χ3n) is 4.25. The molecule has 3 rings (SSSR count). The molecule has 0 fully saturated rings. The Morgan fingerprint density at radius 2 is 1.68 bits per heavy atom. The molecular weight excluding hydrogens is 284 g/mol. The number of nitro benzene ring substituents is 1. The summed E-state index contributed by atoms with van der Waals surface area (Å²) in [6, 6.07) is 11.6. The molecule has 2 aromatic rings. The van der Waals surface area contributed by atoms with Crippen LogP contribution in [0, 0.1) is 20.2 Å². The fourth-order valence-electron chi connectivity index (χ4n) is 3.37. The second-order valence-electron chi connectivity index (χ2n) is 5.40. The second-order valence-corrected chi connectivity index (χ2v) is 5.40. The smallest absolute Gasteiger partial charge is 0.263 e. The van der Waals surface area contributed by atoms with E-state index in [2.05, 4.69) is 0 Å². The van der Waals surface area contributed by atoms with Crippen molar-refractivity contribution in [3.8, 4) is 11.1 Å². The molecule has 2 aromatic carbocycles. The van der Waals surface area contributed by atoms with Crippen LogP contribution in [0.25, 0.3) is 11.1 Å². The SMILES string of the molecule is CCC[C@]1([N+](=O)[O-])c2ccccc2-c2ccc([N+](=O)[O-])cc21. The van der Waals surface area contributed by atoms with Crippen LogP contribution >= 0.6 is 0 Å². The minimum Gasteiger partial charge on any atom is -0.263 e. The Labute approximate surface area is 126 Å². The lowest BCUT2D eigenvalue weighted by Crippen LogP contribution is -2.34. The van der Waals surface area contributed by atoms with Crippen molar-refractivity contribution in [2.24, 2.45) is 0 Å². The minimum absolute atomic E-state index is 0.117. The summed E-state index contributed by atoms with van der Waals surface area (Å²) in [5.74, 6) is 0. The van der Waals surface area contributed by atoms with Crippen LogP contribution in [0.2, 0.25) is 0 Å². The molecule has 22 heavy (non-hydrogen) atoms. The molecule has 0 bridgehead atoms. The highest BCUT2D eigenvalue weighted by Crippen LogP contribution is 2.52. The normalized spacial score (nSPS) is 18.6. The highest BCUT2D eigenvalue weighted by molar-refractivity contribution is 5.81. The van der Waals surface area contributed by atoms with Crippen LogP contribution in [-0.4, -0.2) is 9.85 Å². The first-order chi connectivity index (χ1) is 10.5. The van der Waals surface area contributed by atoms with Gasteiger partial charge in [-0.1, -0.05) is 31.2 Å². The van der Waals surface area contributed by atoms with Crippen LogP contribution in [0.5, 0.6) is 0 Å². The van der Waals surface area contributed by atoms with Crippen LogP contribution in [-0.2, 0) is 5.54 Å². The first-order valence-corrected chi connectivity index (χ1v) is 7.05. The summed E-state index contributed by atoms with van der Waals surface area (Å²) >= 11 is 0. The Hall–Kier alpha value is -2.76. The van der Waals surface area contributed by atoms with Gasteiger partial charge in [0.25, 0.3) is 11.2 Å². The predicted molar refractivity (Wildman–Crippen MR) is 81.2 cm³/mol. The number of hydrogen-bond acceptors (Lipinski definition) is 4. The van der Waals surface area contributed by atoms with Gasteiger partial charge in [0, 0.05) is 34.6 Å². The highest BCUT2D eigenvalue weighted by Gasteiger charge is 2.53. The first kappa shape index (κ1) is 14.2. The van der Waals surface area contributed by atoms with Crippen molar-refractivity contribution in [2.75, 3.05) is 0 Å². The number of hydrogen-bond donors (Lipinski definition) is 0. The van der Waals surface area contributed by atoms with Gasteiger partial charge < -0.3 is 0 Å². The number of rotatable bonds is 4. The van der Waals surface area contributed by atoms with E-state index in [4.69, 9.17) is 0 Å². The zero-order chi connectivity index (χ0) is 15.9. The molecule has 0 spiro atoms. The molecule has 6 heteroatoms. The predicted octanol–water partition coefficient (Wildman–Crippen LogP) is 3.90. The van der Waals surface area contributed by atoms with E-state index in [0.717, 1.165) is 5.56 Å². The van der Waals surface area contributed by atoms with Crippen molar-refractivity contribution in [3.05, 3.63) is 73.8 Å². The van der Waals surface area contributed by atoms with Gasteiger partial charge in [-0.25, -0.2) is 0 Å². The van der Waals surface area contributed by atoms with E-state index >= 15 is 0 Å². The quantitative estimate of drug-likeness (QED) is 0.632. The molecule has 1 aliphatic carbocycles. The summed E-state index contributed by atoms with van der Waals surface area (Å²) in [5.41, 5.74) is 1.04. The van der Waals surface area contributed by atoms with E-state index in [9.17, 15) is 20.2 Å². The van der Waals surface area contributed by atoms with E-state index in [1.807, 2.05) is 19.1 Å².